The molecule has 0 fully saturated rings. The molecule has 21 heavy (non-hydrogen) atoms. The van der Waals surface area contributed by atoms with E-state index in [1.807, 2.05) is 50.2 Å². The molecule has 110 valence electrons. The van der Waals surface area contributed by atoms with Crippen molar-refractivity contribution in [1.29, 1.82) is 0 Å². The average Bonchev–Trinajstić information content (AvgIpc) is 2.49. The molecule has 4 nitrogen and oxygen atoms in total. The number of aryl methyl sites for hydroxylation is 1. The lowest BCUT2D eigenvalue weighted by Crippen LogP contribution is -2.22. The molecule has 0 saturated carbocycles. The highest BCUT2D eigenvalue weighted by atomic mass is 35.5. The smallest absolute Gasteiger partial charge is 0.173 e. The summed E-state index contributed by atoms with van der Waals surface area (Å²) in [5.74, 6) is 0.00108. The fourth-order valence-electron chi connectivity index (χ4n) is 2.26. The molecule has 0 saturated heterocycles. The van der Waals surface area contributed by atoms with Crippen LogP contribution >= 0.6 is 11.6 Å². The van der Waals surface area contributed by atoms with Crippen molar-refractivity contribution < 1.29 is 5.21 Å². The summed E-state index contributed by atoms with van der Waals surface area (Å²) in [5.41, 5.74) is 9.34. The summed E-state index contributed by atoms with van der Waals surface area (Å²) in [6.45, 7) is 4.81. The Hall–Kier alpha value is -2.20. The van der Waals surface area contributed by atoms with Crippen LogP contribution in [-0.2, 0) is 0 Å². The second-order valence-corrected chi connectivity index (χ2v) is 5.11. The molecule has 2 aromatic carbocycles. The standard InChI is InChI=1S/C16H18ClN3O/c1-3-20(12-9-7-11(2)8-10-12)14-6-4-5-13(17)15(14)16(18)19-21/h4-10,21H,3H2,1-2H3,(H2,18,19). The molecule has 5 heteroatoms. The first kappa shape index (κ1) is 15.2. The largest absolute Gasteiger partial charge is 0.409 e. The van der Waals surface area contributed by atoms with E-state index in [2.05, 4.69) is 10.1 Å². The van der Waals surface area contributed by atoms with E-state index in [-0.39, 0.29) is 5.84 Å². The van der Waals surface area contributed by atoms with Gasteiger partial charge in [-0.15, -0.1) is 0 Å². The Morgan fingerprint density at radius 3 is 2.48 bits per heavy atom. The van der Waals surface area contributed by atoms with Gasteiger partial charge >= 0.3 is 0 Å². The summed E-state index contributed by atoms with van der Waals surface area (Å²) in [6, 6.07) is 13.6. The summed E-state index contributed by atoms with van der Waals surface area (Å²) in [5, 5.41) is 12.5. The first-order chi connectivity index (χ1) is 10.1. The number of halogens is 1. The van der Waals surface area contributed by atoms with Crippen LogP contribution in [0.25, 0.3) is 0 Å². The van der Waals surface area contributed by atoms with Gasteiger partial charge in [-0.25, -0.2) is 0 Å². The molecule has 0 aliphatic carbocycles. The molecule has 0 aromatic heterocycles. The fraction of sp³-hybridized carbons (Fsp3) is 0.188. The van der Waals surface area contributed by atoms with Crippen LogP contribution in [0.2, 0.25) is 5.02 Å². The zero-order valence-electron chi connectivity index (χ0n) is 12.0. The number of amidine groups is 1. The number of hydrogen-bond acceptors (Lipinski definition) is 3. The van der Waals surface area contributed by atoms with Crippen molar-refractivity contribution in [2.75, 3.05) is 11.4 Å². The fourth-order valence-corrected chi connectivity index (χ4v) is 2.52. The van der Waals surface area contributed by atoms with E-state index in [4.69, 9.17) is 22.5 Å². The molecule has 2 rings (SSSR count). The molecule has 0 aliphatic rings. The number of nitrogens with two attached hydrogens (primary N) is 1. The van der Waals surface area contributed by atoms with Crippen molar-refractivity contribution in [1.82, 2.24) is 0 Å². The van der Waals surface area contributed by atoms with E-state index in [1.165, 1.54) is 5.56 Å². The Balaban J connectivity index is 2.57. The first-order valence-electron chi connectivity index (χ1n) is 6.69. The van der Waals surface area contributed by atoms with Crippen molar-refractivity contribution in [3.63, 3.8) is 0 Å². The highest BCUT2D eigenvalue weighted by molar-refractivity contribution is 6.35. The van der Waals surface area contributed by atoms with E-state index >= 15 is 0 Å². The van der Waals surface area contributed by atoms with Gasteiger partial charge in [0.2, 0.25) is 0 Å². The normalized spacial score (nSPS) is 11.5. The molecule has 0 atom stereocenters. The predicted molar refractivity (Wildman–Crippen MR) is 87.8 cm³/mol. The van der Waals surface area contributed by atoms with Gasteiger partial charge in [0.1, 0.15) is 0 Å². The van der Waals surface area contributed by atoms with Gasteiger partial charge < -0.3 is 15.8 Å². The second kappa shape index (κ2) is 6.50. The lowest BCUT2D eigenvalue weighted by Gasteiger charge is -2.26. The van der Waals surface area contributed by atoms with Gasteiger partial charge in [0.15, 0.2) is 5.84 Å². The zero-order chi connectivity index (χ0) is 15.4. The SMILES string of the molecule is CCN(c1ccc(C)cc1)c1cccc(Cl)c1C(N)=NO. The number of nitrogens with zero attached hydrogens (tertiary/aromatic N) is 2. The van der Waals surface area contributed by atoms with E-state index in [1.54, 1.807) is 6.07 Å². The molecule has 0 heterocycles. The van der Waals surface area contributed by atoms with Crippen molar-refractivity contribution >= 4 is 28.8 Å². The summed E-state index contributed by atoms with van der Waals surface area (Å²) in [6.07, 6.45) is 0. The Labute approximate surface area is 129 Å². The van der Waals surface area contributed by atoms with Crippen molar-refractivity contribution in [3.05, 3.63) is 58.6 Å². The molecule has 0 unspecified atom stereocenters. The second-order valence-electron chi connectivity index (χ2n) is 4.70. The lowest BCUT2D eigenvalue weighted by atomic mass is 10.1. The van der Waals surface area contributed by atoms with Gasteiger partial charge in [-0.3, -0.25) is 0 Å². The Bertz CT molecular complexity index is 653. The van der Waals surface area contributed by atoms with Crippen molar-refractivity contribution in [2.45, 2.75) is 13.8 Å². The molecule has 0 radical (unpaired) electrons. The molecule has 0 aliphatic heterocycles. The van der Waals surface area contributed by atoms with Crippen LogP contribution in [0.5, 0.6) is 0 Å². The van der Waals surface area contributed by atoms with E-state index in [0.717, 1.165) is 17.9 Å². The molecular weight excluding hydrogens is 286 g/mol. The minimum atomic E-state index is 0.00108. The number of anilines is 2. The summed E-state index contributed by atoms with van der Waals surface area (Å²) in [7, 11) is 0. The topological polar surface area (TPSA) is 61.8 Å². The zero-order valence-corrected chi connectivity index (χ0v) is 12.8. The van der Waals surface area contributed by atoms with E-state index in [0.29, 0.717) is 10.6 Å². The van der Waals surface area contributed by atoms with Gasteiger partial charge in [0, 0.05) is 12.2 Å². The van der Waals surface area contributed by atoms with Crippen LogP contribution in [-0.4, -0.2) is 17.6 Å². The van der Waals surface area contributed by atoms with Gasteiger partial charge in [-0.1, -0.05) is 40.5 Å². The highest BCUT2D eigenvalue weighted by Crippen LogP contribution is 2.32. The minimum Gasteiger partial charge on any atom is -0.409 e. The summed E-state index contributed by atoms with van der Waals surface area (Å²) in [4.78, 5) is 2.07. The van der Waals surface area contributed by atoms with E-state index < -0.39 is 0 Å². The van der Waals surface area contributed by atoms with Crippen LogP contribution in [0, 0.1) is 6.92 Å². The number of oxime groups is 1. The maximum atomic E-state index is 8.98. The molecular formula is C16H18ClN3O. The molecule has 0 spiro atoms. The van der Waals surface area contributed by atoms with Gasteiger partial charge in [-0.05, 0) is 38.1 Å². The van der Waals surface area contributed by atoms with E-state index in [9.17, 15) is 0 Å². The van der Waals surface area contributed by atoms with Crippen LogP contribution in [0.1, 0.15) is 18.1 Å². The minimum absolute atomic E-state index is 0.00108. The van der Waals surface area contributed by atoms with Crippen LogP contribution in [0.4, 0.5) is 11.4 Å². The predicted octanol–water partition coefficient (Wildman–Crippen LogP) is 3.90. The van der Waals surface area contributed by atoms with Gasteiger partial charge in [0.25, 0.3) is 0 Å². The Morgan fingerprint density at radius 1 is 1.24 bits per heavy atom. The van der Waals surface area contributed by atoms with Crippen LogP contribution < -0.4 is 10.6 Å². The van der Waals surface area contributed by atoms with Crippen molar-refractivity contribution in [3.8, 4) is 0 Å². The third kappa shape index (κ3) is 3.11. The van der Waals surface area contributed by atoms with Crippen LogP contribution in [0.15, 0.2) is 47.6 Å². The average molecular weight is 304 g/mol. The Kier molecular flexibility index (Phi) is 4.70. The quantitative estimate of drug-likeness (QED) is 0.390. The molecule has 0 bridgehead atoms. The van der Waals surface area contributed by atoms with Gasteiger partial charge in [0.05, 0.1) is 16.3 Å². The monoisotopic (exact) mass is 303 g/mol. The number of benzene rings is 2. The third-order valence-electron chi connectivity index (χ3n) is 3.31. The number of hydrogen-bond donors (Lipinski definition) is 2. The summed E-state index contributed by atoms with van der Waals surface area (Å²) >= 11 is 6.22. The van der Waals surface area contributed by atoms with Gasteiger partial charge in [-0.2, -0.15) is 0 Å². The maximum Gasteiger partial charge on any atom is 0.173 e. The van der Waals surface area contributed by atoms with Crippen molar-refractivity contribution in [2.24, 2.45) is 10.9 Å². The first-order valence-corrected chi connectivity index (χ1v) is 7.07. The molecule has 3 N–H and O–H groups in total. The summed E-state index contributed by atoms with van der Waals surface area (Å²) < 4.78 is 0. The highest BCUT2D eigenvalue weighted by Gasteiger charge is 2.17. The van der Waals surface area contributed by atoms with Crippen LogP contribution in [0.3, 0.4) is 0 Å². The lowest BCUT2D eigenvalue weighted by molar-refractivity contribution is 0.318. The maximum absolute atomic E-state index is 8.98. The molecule has 0 amide bonds. The third-order valence-corrected chi connectivity index (χ3v) is 3.62. The Morgan fingerprint density at radius 2 is 1.90 bits per heavy atom. The number of rotatable bonds is 4. The molecule has 2 aromatic rings.